The van der Waals surface area contributed by atoms with Gasteiger partial charge in [0.15, 0.2) is 11.5 Å². The van der Waals surface area contributed by atoms with Crippen LogP contribution in [-0.2, 0) is 4.74 Å². The maximum atomic E-state index is 12.8. The van der Waals surface area contributed by atoms with Crippen LogP contribution in [0, 0.1) is 6.92 Å². The Bertz CT molecular complexity index is 925. The molecule has 2 heterocycles. The van der Waals surface area contributed by atoms with Gasteiger partial charge in [-0.25, -0.2) is 0 Å². The van der Waals surface area contributed by atoms with Gasteiger partial charge >= 0.3 is 0 Å². The zero-order chi connectivity index (χ0) is 20.8. The molecule has 8 nitrogen and oxygen atoms in total. The van der Waals surface area contributed by atoms with Crippen LogP contribution in [0.5, 0.6) is 11.5 Å². The zero-order valence-electron chi connectivity index (χ0n) is 17.0. The average molecular weight is 410 g/mol. The highest BCUT2D eigenvalue weighted by atomic mass is 16.7. The lowest BCUT2D eigenvalue weighted by molar-refractivity contribution is 0.0394. The Balaban J connectivity index is 1.45. The number of rotatable bonds is 5. The number of carbonyl (C=O) groups excluding carboxylic acids is 1. The van der Waals surface area contributed by atoms with E-state index in [4.69, 9.17) is 14.2 Å². The fourth-order valence-corrected chi connectivity index (χ4v) is 3.32. The number of aliphatic imine (C=N–C) groups is 1. The van der Waals surface area contributed by atoms with Crippen LogP contribution in [0.4, 0.5) is 5.69 Å². The number of benzene rings is 2. The van der Waals surface area contributed by atoms with E-state index in [-0.39, 0.29) is 12.7 Å². The molecule has 0 saturated carbocycles. The number of carbonyl (C=O) groups is 1. The highest BCUT2D eigenvalue weighted by molar-refractivity contribution is 6.10. The van der Waals surface area contributed by atoms with E-state index in [0.29, 0.717) is 29.6 Å². The summed E-state index contributed by atoms with van der Waals surface area (Å²) in [5.74, 6) is 1.36. The molecule has 0 unspecified atom stereocenters. The third-order valence-electron chi connectivity index (χ3n) is 4.94. The van der Waals surface area contributed by atoms with Crippen molar-refractivity contribution in [3.05, 3.63) is 53.6 Å². The molecule has 2 aromatic rings. The van der Waals surface area contributed by atoms with Gasteiger partial charge in [0.25, 0.3) is 5.91 Å². The summed E-state index contributed by atoms with van der Waals surface area (Å²) in [6, 6.07) is 13.0. The smallest absolute Gasteiger partial charge is 0.258 e. The molecular formula is C22H26N4O4. The first-order chi connectivity index (χ1) is 14.7. The highest BCUT2D eigenvalue weighted by Crippen LogP contribution is 2.32. The summed E-state index contributed by atoms with van der Waals surface area (Å²) < 4.78 is 16.1. The number of hydrogen-bond donors (Lipinski definition) is 2. The quantitative estimate of drug-likeness (QED) is 0.581. The first-order valence-corrected chi connectivity index (χ1v) is 10.1. The summed E-state index contributed by atoms with van der Waals surface area (Å²) in [5.41, 5.74) is 2.46. The summed E-state index contributed by atoms with van der Waals surface area (Å²) in [6.45, 7) is 6.87. The highest BCUT2D eigenvalue weighted by Gasteiger charge is 2.17. The molecule has 2 aromatic carbocycles. The Morgan fingerprint density at radius 2 is 1.93 bits per heavy atom. The number of morpholine rings is 1. The van der Waals surface area contributed by atoms with Crippen LogP contribution in [0.2, 0.25) is 0 Å². The number of anilines is 1. The van der Waals surface area contributed by atoms with Gasteiger partial charge in [-0.1, -0.05) is 12.1 Å². The second-order valence-corrected chi connectivity index (χ2v) is 7.20. The summed E-state index contributed by atoms with van der Waals surface area (Å²) in [4.78, 5) is 19.7. The first kappa shape index (κ1) is 20.2. The molecule has 8 heteroatoms. The van der Waals surface area contributed by atoms with Crippen LogP contribution in [0.15, 0.2) is 47.5 Å². The van der Waals surface area contributed by atoms with E-state index in [1.54, 1.807) is 18.2 Å². The fourth-order valence-electron chi connectivity index (χ4n) is 3.32. The van der Waals surface area contributed by atoms with Crippen LogP contribution in [0.1, 0.15) is 15.9 Å². The molecule has 2 aliphatic heterocycles. The van der Waals surface area contributed by atoms with Crippen molar-refractivity contribution >= 4 is 17.6 Å². The van der Waals surface area contributed by atoms with Crippen molar-refractivity contribution < 1.29 is 19.0 Å². The molecule has 0 atom stereocenters. The van der Waals surface area contributed by atoms with E-state index in [1.807, 2.05) is 31.2 Å². The first-order valence-electron chi connectivity index (χ1n) is 10.1. The largest absolute Gasteiger partial charge is 0.454 e. The molecule has 158 valence electrons. The van der Waals surface area contributed by atoms with E-state index in [9.17, 15) is 4.79 Å². The molecule has 30 heavy (non-hydrogen) atoms. The topological polar surface area (TPSA) is 84.4 Å². The maximum Gasteiger partial charge on any atom is 0.258 e. The molecule has 2 N–H and O–H groups in total. The summed E-state index contributed by atoms with van der Waals surface area (Å²) in [6.07, 6.45) is 0. The van der Waals surface area contributed by atoms with Gasteiger partial charge in [-0.15, -0.1) is 0 Å². The van der Waals surface area contributed by atoms with Gasteiger partial charge in [-0.3, -0.25) is 20.0 Å². The van der Waals surface area contributed by atoms with Crippen molar-refractivity contribution in [1.82, 2.24) is 10.2 Å². The van der Waals surface area contributed by atoms with Crippen LogP contribution in [0.25, 0.3) is 0 Å². The molecule has 4 rings (SSSR count). The minimum atomic E-state index is -0.265. The third-order valence-corrected chi connectivity index (χ3v) is 4.94. The minimum absolute atomic E-state index is 0.170. The Hall–Kier alpha value is -3.10. The molecule has 2 aliphatic rings. The summed E-state index contributed by atoms with van der Waals surface area (Å²) in [5, 5.41) is 6.12. The predicted octanol–water partition coefficient (Wildman–Crippen LogP) is 2.25. The van der Waals surface area contributed by atoms with Crippen molar-refractivity contribution in [2.45, 2.75) is 6.92 Å². The third kappa shape index (κ3) is 5.28. The van der Waals surface area contributed by atoms with Crippen molar-refractivity contribution in [2.24, 2.45) is 4.99 Å². The lowest BCUT2D eigenvalue weighted by atomic mass is 10.2. The maximum absolute atomic E-state index is 12.8. The Labute approximate surface area is 175 Å². The van der Waals surface area contributed by atoms with E-state index >= 15 is 0 Å². The lowest BCUT2D eigenvalue weighted by Crippen LogP contribution is -2.39. The summed E-state index contributed by atoms with van der Waals surface area (Å²) >= 11 is 0. The van der Waals surface area contributed by atoms with Crippen LogP contribution < -0.4 is 20.1 Å². The van der Waals surface area contributed by atoms with Crippen LogP contribution in [-0.4, -0.2) is 63.0 Å². The Morgan fingerprint density at radius 1 is 1.10 bits per heavy atom. The predicted molar refractivity (Wildman–Crippen MR) is 114 cm³/mol. The second-order valence-electron chi connectivity index (χ2n) is 7.20. The number of hydrogen-bond acceptors (Lipinski definition) is 6. The molecule has 0 spiro atoms. The van der Waals surface area contributed by atoms with E-state index in [0.717, 1.165) is 44.1 Å². The van der Waals surface area contributed by atoms with Crippen LogP contribution in [0.3, 0.4) is 0 Å². The van der Waals surface area contributed by atoms with Gasteiger partial charge in [0.1, 0.15) is 0 Å². The number of fused-ring (bicyclic) bond motifs is 1. The Kier molecular flexibility index (Phi) is 6.46. The fraction of sp³-hybridized carbons (Fsp3) is 0.364. The van der Waals surface area contributed by atoms with Gasteiger partial charge in [-0.05, 0) is 42.8 Å². The van der Waals surface area contributed by atoms with Crippen molar-refractivity contribution in [3.63, 3.8) is 0 Å². The lowest BCUT2D eigenvalue weighted by Gasteiger charge is -2.25. The van der Waals surface area contributed by atoms with Gasteiger partial charge in [0.2, 0.25) is 12.8 Å². The van der Waals surface area contributed by atoms with E-state index in [2.05, 4.69) is 20.5 Å². The molecule has 1 saturated heterocycles. The number of guanidine groups is 1. The van der Waals surface area contributed by atoms with Gasteiger partial charge in [0, 0.05) is 30.9 Å². The molecule has 0 bridgehead atoms. The SMILES string of the molecule is Cc1cccc(NC(=NCCN2CCOCC2)NC(=O)c2ccc3c(c2)OCO3)c1. The van der Waals surface area contributed by atoms with Gasteiger partial charge in [0.05, 0.1) is 19.8 Å². The van der Waals surface area contributed by atoms with Gasteiger partial charge in [-0.2, -0.15) is 0 Å². The molecular weight excluding hydrogens is 384 g/mol. The number of nitrogens with one attached hydrogen (secondary N) is 2. The zero-order valence-corrected chi connectivity index (χ0v) is 17.0. The van der Waals surface area contributed by atoms with E-state index < -0.39 is 0 Å². The van der Waals surface area contributed by atoms with Crippen molar-refractivity contribution in [1.29, 1.82) is 0 Å². The molecule has 0 aliphatic carbocycles. The summed E-state index contributed by atoms with van der Waals surface area (Å²) in [7, 11) is 0. The van der Waals surface area contributed by atoms with Crippen molar-refractivity contribution in [3.8, 4) is 11.5 Å². The normalized spacial score (nSPS) is 16.4. The number of amides is 1. The van der Waals surface area contributed by atoms with Crippen molar-refractivity contribution in [2.75, 3.05) is 51.5 Å². The van der Waals surface area contributed by atoms with E-state index in [1.165, 1.54) is 0 Å². The molecule has 0 aromatic heterocycles. The molecule has 0 radical (unpaired) electrons. The second kappa shape index (κ2) is 9.60. The molecule has 1 fully saturated rings. The van der Waals surface area contributed by atoms with Crippen LogP contribution >= 0.6 is 0 Å². The minimum Gasteiger partial charge on any atom is -0.454 e. The Morgan fingerprint density at radius 3 is 2.77 bits per heavy atom. The van der Waals surface area contributed by atoms with Gasteiger partial charge < -0.3 is 19.5 Å². The number of nitrogens with zero attached hydrogens (tertiary/aromatic N) is 2. The standard InChI is InChI=1S/C22H26N4O4/c1-16-3-2-4-18(13-16)24-22(23-7-8-26-9-11-28-12-10-26)25-21(27)17-5-6-19-20(14-17)30-15-29-19/h2-6,13-14H,7-12,15H2,1H3,(H2,23,24,25,27). The monoisotopic (exact) mass is 410 g/mol. The number of aryl methyl sites for hydroxylation is 1. The molecule has 1 amide bonds. The average Bonchev–Trinajstić information content (AvgIpc) is 3.22. The number of ether oxygens (including phenoxy) is 3.